The minimum Gasteiger partial charge on any atom is -0.493 e. The van der Waals surface area contributed by atoms with E-state index in [1.807, 2.05) is 23.1 Å². The molecule has 0 aromatic heterocycles. The molecule has 1 fully saturated rings. The lowest BCUT2D eigenvalue weighted by molar-refractivity contribution is -0.122. The van der Waals surface area contributed by atoms with E-state index in [1.54, 1.807) is 26.4 Å². The van der Waals surface area contributed by atoms with Crippen LogP contribution in [0.15, 0.2) is 42.5 Å². The number of ether oxygens (including phenoxy) is 3. The van der Waals surface area contributed by atoms with E-state index in [-0.39, 0.29) is 11.9 Å². The van der Waals surface area contributed by atoms with Crippen LogP contribution in [0.1, 0.15) is 11.1 Å². The summed E-state index contributed by atoms with van der Waals surface area (Å²) in [5.41, 5.74) is 1.99. The third-order valence-electron chi connectivity index (χ3n) is 4.57. The smallest absolute Gasteiger partial charge is 0.167 e. The monoisotopic (exact) mass is 359 g/mol. The Balaban J connectivity index is 1.77. The highest BCUT2D eigenvalue weighted by molar-refractivity contribution is 5.56. The summed E-state index contributed by atoms with van der Waals surface area (Å²) in [6.07, 6.45) is 0.912. The molecule has 0 bridgehead atoms. The van der Waals surface area contributed by atoms with Gasteiger partial charge in [-0.25, -0.2) is 4.39 Å². The zero-order valence-electron chi connectivity index (χ0n) is 14.9. The van der Waals surface area contributed by atoms with Crippen molar-refractivity contribution in [2.75, 3.05) is 20.8 Å². The summed E-state index contributed by atoms with van der Waals surface area (Å²) >= 11 is 0. The van der Waals surface area contributed by atoms with Crippen LogP contribution >= 0.6 is 0 Å². The molecule has 1 aliphatic rings. The van der Waals surface area contributed by atoms with Gasteiger partial charge in [0.15, 0.2) is 24.0 Å². The van der Waals surface area contributed by atoms with E-state index in [2.05, 4.69) is 0 Å². The first-order chi connectivity index (χ1) is 12.6. The van der Waals surface area contributed by atoms with Crippen molar-refractivity contribution in [3.63, 3.8) is 0 Å². The largest absolute Gasteiger partial charge is 0.493 e. The van der Waals surface area contributed by atoms with Crippen LogP contribution in [-0.2, 0) is 22.5 Å². The second-order valence-electron chi connectivity index (χ2n) is 6.21. The van der Waals surface area contributed by atoms with Gasteiger partial charge in [0.1, 0.15) is 5.82 Å². The third-order valence-corrected chi connectivity index (χ3v) is 4.57. The SMILES string of the molecule is COc1ccc(C[C@H]2COC(C=O)N2Cc2ccc(F)cc2)cc1OC. The van der Waals surface area contributed by atoms with Crippen molar-refractivity contribution in [1.29, 1.82) is 0 Å². The van der Waals surface area contributed by atoms with Crippen molar-refractivity contribution < 1.29 is 23.4 Å². The number of methoxy groups -OCH3 is 2. The van der Waals surface area contributed by atoms with Crippen molar-refractivity contribution in [2.45, 2.75) is 25.2 Å². The van der Waals surface area contributed by atoms with E-state index in [4.69, 9.17) is 14.2 Å². The van der Waals surface area contributed by atoms with Gasteiger partial charge in [-0.3, -0.25) is 9.69 Å². The Morgan fingerprint density at radius 2 is 1.81 bits per heavy atom. The first-order valence-corrected chi connectivity index (χ1v) is 8.42. The van der Waals surface area contributed by atoms with E-state index < -0.39 is 6.23 Å². The number of hydrogen-bond acceptors (Lipinski definition) is 5. The Bertz CT molecular complexity index is 750. The molecule has 138 valence electrons. The fraction of sp³-hybridized carbons (Fsp3) is 0.350. The fourth-order valence-electron chi connectivity index (χ4n) is 3.20. The van der Waals surface area contributed by atoms with E-state index in [0.717, 1.165) is 17.4 Å². The van der Waals surface area contributed by atoms with Gasteiger partial charge in [-0.1, -0.05) is 18.2 Å². The van der Waals surface area contributed by atoms with Crippen molar-refractivity contribution in [1.82, 2.24) is 4.90 Å². The number of nitrogens with zero attached hydrogens (tertiary/aromatic N) is 1. The molecule has 2 aromatic carbocycles. The summed E-state index contributed by atoms with van der Waals surface area (Å²) in [7, 11) is 3.20. The maximum Gasteiger partial charge on any atom is 0.167 e. The van der Waals surface area contributed by atoms with Crippen LogP contribution < -0.4 is 9.47 Å². The average Bonchev–Trinajstić information content (AvgIpc) is 3.04. The molecule has 1 aliphatic heterocycles. The predicted octanol–water partition coefficient (Wildman–Crippen LogP) is 2.81. The summed E-state index contributed by atoms with van der Waals surface area (Å²) in [5.74, 6) is 1.06. The molecule has 1 heterocycles. The molecule has 5 nitrogen and oxygen atoms in total. The summed E-state index contributed by atoms with van der Waals surface area (Å²) in [4.78, 5) is 13.4. The molecule has 26 heavy (non-hydrogen) atoms. The normalized spacial score (nSPS) is 20.1. The maximum absolute atomic E-state index is 13.1. The quantitative estimate of drug-likeness (QED) is 0.712. The maximum atomic E-state index is 13.1. The molecule has 0 amide bonds. The Labute approximate surface area is 152 Å². The van der Waals surface area contributed by atoms with Crippen molar-refractivity contribution in [3.05, 3.63) is 59.4 Å². The van der Waals surface area contributed by atoms with Crippen molar-refractivity contribution >= 4 is 6.29 Å². The average molecular weight is 359 g/mol. The highest BCUT2D eigenvalue weighted by Gasteiger charge is 2.34. The summed E-state index contributed by atoms with van der Waals surface area (Å²) in [5, 5.41) is 0. The van der Waals surface area contributed by atoms with E-state index in [1.165, 1.54) is 12.1 Å². The van der Waals surface area contributed by atoms with Crippen molar-refractivity contribution in [3.8, 4) is 11.5 Å². The highest BCUT2D eigenvalue weighted by Crippen LogP contribution is 2.30. The van der Waals surface area contributed by atoms with E-state index in [9.17, 15) is 9.18 Å². The molecule has 2 aromatic rings. The number of benzene rings is 2. The summed E-state index contributed by atoms with van der Waals surface area (Å²) in [6.45, 7) is 0.973. The first-order valence-electron chi connectivity index (χ1n) is 8.42. The Hall–Kier alpha value is -2.44. The second kappa shape index (κ2) is 8.29. The second-order valence-corrected chi connectivity index (χ2v) is 6.21. The van der Waals surface area contributed by atoms with Gasteiger partial charge in [-0.15, -0.1) is 0 Å². The van der Waals surface area contributed by atoms with Crippen molar-refractivity contribution in [2.24, 2.45) is 0 Å². The van der Waals surface area contributed by atoms with Crippen LogP contribution in [0.2, 0.25) is 0 Å². The van der Waals surface area contributed by atoms with E-state index >= 15 is 0 Å². The molecule has 0 aliphatic carbocycles. The minimum atomic E-state index is -0.592. The number of carbonyl (C=O) groups is 1. The number of carbonyl (C=O) groups excluding carboxylic acids is 1. The van der Waals surface area contributed by atoms with Gasteiger partial charge in [0, 0.05) is 12.6 Å². The van der Waals surface area contributed by atoms with Gasteiger partial charge >= 0.3 is 0 Å². The molecule has 6 heteroatoms. The van der Waals surface area contributed by atoms with Gasteiger partial charge in [-0.2, -0.15) is 0 Å². The first kappa shape index (κ1) is 18.4. The summed E-state index contributed by atoms with van der Waals surface area (Å²) in [6, 6.07) is 12.1. The van der Waals surface area contributed by atoms with Crippen LogP contribution in [0.25, 0.3) is 0 Å². The van der Waals surface area contributed by atoms with Crippen LogP contribution in [0.4, 0.5) is 4.39 Å². The van der Waals surface area contributed by atoms with Crippen LogP contribution in [0, 0.1) is 5.82 Å². The van der Waals surface area contributed by atoms with Gasteiger partial charge in [-0.05, 0) is 41.8 Å². The lowest BCUT2D eigenvalue weighted by Crippen LogP contribution is -2.38. The number of halogens is 1. The van der Waals surface area contributed by atoms with Crippen LogP contribution in [-0.4, -0.2) is 44.3 Å². The Kier molecular flexibility index (Phi) is 5.85. The molecule has 1 unspecified atom stereocenters. The zero-order valence-corrected chi connectivity index (χ0v) is 14.9. The molecule has 0 N–H and O–H groups in total. The molecule has 1 saturated heterocycles. The predicted molar refractivity (Wildman–Crippen MR) is 94.8 cm³/mol. The Morgan fingerprint density at radius 1 is 1.12 bits per heavy atom. The molecular weight excluding hydrogens is 337 g/mol. The molecular formula is C20H22FNO4. The lowest BCUT2D eigenvalue weighted by atomic mass is 10.0. The number of aldehydes is 1. The van der Waals surface area contributed by atoms with E-state index in [0.29, 0.717) is 31.1 Å². The molecule has 2 atom stereocenters. The van der Waals surface area contributed by atoms with Gasteiger partial charge in [0.2, 0.25) is 0 Å². The lowest BCUT2D eigenvalue weighted by Gasteiger charge is -2.25. The number of hydrogen-bond donors (Lipinski definition) is 0. The van der Waals surface area contributed by atoms with Gasteiger partial charge < -0.3 is 14.2 Å². The van der Waals surface area contributed by atoms with Crippen LogP contribution in [0.3, 0.4) is 0 Å². The number of rotatable bonds is 7. The van der Waals surface area contributed by atoms with Gasteiger partial charge in [0.05, 0.1) is 20.8 Å². The minimum absolute atomic E-state index is 0.0355. The molecule has 0 radical (unpaired) electrons. The molecule has 3 rings (SSSR count). The Morgan fingerprint density at radius 3 is 2.46 bits per heavy atom. The fourth-order valence-corrected chi connectivity index (χ4v) is 3.20. The highest BCUT2D eigenvalue weighted by atomic mass is 19.1. The molecule has 0 spiro atoms. The standard InChI is InChI=1S/C20H22FNO4/c1-24-18-8-5-15(10-19(18)25-2)9-17-13-26-20(12-23)22(17)11-14-3-6-16(21)7-4-14/h3-8,10,12,17,20H,9,11,13H2,1-2H3/t17-,20?/m0/s1. The van der Waals surface area contributed by atoms with Gasteiger partial charge in [0.25, 0.3) is 0 Å². The molecule has 0 saturated carbocycles. The zero-order chi connectivity index (χ0) is 18.5. The van der Waals surface area contributed by atoms with Crippen LogP contribution in [0.5, 0.6) is 11.5 Å². The summed E-state index contributed by atoms with van der Waals surface area (Å²) < 4.78 is 29.4. The third kappa shape index (κ3) is 4.03. The topological polar surface area (TPSA) is 48.0 Å².